The normalized spacial score (nSPS) is 14.9. The van der Waals surface area contributed by atoms with Gasteiger partial charge in [-0.3, -0.25) is 0 Å². The van der Waals surface area contributed by atoms with Gasteiger partial charge in [-0.15, -0.1) is 0 Å². The quantitative estimate of drug-likeness (QED) is 0.683. The van der Waals surface area contributed by atoms with E-state index in [1.54, 1.807) is 24.3 Å². The van der Waals surface area contributed by atoms with Crippen LogP contribution in [0.2, 0.25) is 5.02 Å². The van der Waals surface area contributed by atoms with Gasteiger partial charge in [0.05, 0.1) is 12.7 Å². The number of halogens is 1. The summed E-state index contributed by atoms with van der Waals surface area (Å²) >= 11 is 5.92. The highest BCUT2D eigenvalue weighted by Gasteiger charge is 2.30. The number of nitrogens with zero attached hydrogens (tertiary/aromatic N) is 1. The third-order valence-corrected chi connectivity index (χ3v) is 6.50. The molecule has 1 saturated heterocycles. The van der Waals surface area contributed by atoms with Crippen LogP contribution in [0.5, 0.6) is 5.75 Å². The monoisotopic (exact) mass is 409 g/mol. The Balaban J connectivity index is 1.82. The van der Waals surface area contributed by atoms with E-state index in [1.807, 2.05) is 0 Å². The Labute approximate surface area is 163 Å². The van der Waals surface area contributed by atoms with E-state index in [2.05, 4.69) is 0 Å². The van der Waals surface area contributed by atoms with Crippen LogP contribution in [0.15, 0.2) is 47.4 Å². The molecule has 1 fully saturated rings. The minimum Gasteiger partial charge on any atom is -0.495 e. The molecule has 0 amide bonds. The van der Waals surface area contributed by atoms with Crippen LogP contribution in [0.1, 0.15) is 28.8 Å². The van der Waals surface area contributed by atoms with E-state index in [9.17, 15) is 13.2 Å². The van der Waals surface area contributed by atoms with Crippen LogP contribution < -0.4 is 4.74 Å². The fourth-order valence-corrected chi connectivity index (χ4v) is 4.84. The van der Waals surface area contributed by atoms with Crippen molar-refractivity contribution in [2.45, 2.75) is 24.3 Å². The highest BCUT2D eigenvalue weighted by molar-refractivity contribution is 7.89. The summed E-state index contributed by atoms with van der Waals surface area (Å²) in [4.78, 5) is 12.4. The van der Waals surface area contributed by atoms with Gasteiger partial charge in [-0.2, -0.15) is 4.31 Å². The maximum atomic E-state index is 12.9. The molecular weight excluding hydrogens is 390 g/mol. The van der Waals surface area contributed by atoms with Crippen LogP contribution in [0, 0.1) is 0 Å². The van der Waals surface area contributed by atoms with Gasteiger partial charge in [0.2, 0.25) is 10.0 Å². The molecule has 0 radical (unpaired) electrons. The summed E-state index contributed by atoms with van der Waals surface area (Å²) in [6.07, 6.45) is 1.64. The van der Waals surface area contributed by atoms with E-state index in [1.165, 1.54) is 29.6 Å². The van der Waals surface area contributed by atoms with Gasteiger partial charge in [-0.05, 0) is 48.7 Å². The number of carbonyl (C=O) groups is 1. The lowest BCUT2D eigenvalue weighted by Gasteiger charge is -2.18. The molecule has 1 aliphatic rings. The molecule has 3 rings (SSSR count). The van der Waals surface area contributed by atoms with Crippen LogP contribution >= 0.6 is 11.6 Å². The number of benzene rings is 2. The second-order valence-corrected chi connectivity index (χ2v) is 8.53. The zero-order chi connectivity index (χ0) is 19.4. The molecule has 2 aromatic rings. The number of carbonyl (C=O) groups excluding carboxylic acids is 1. The van der Waals surface area contributed by atoms with Crippen LogP contribution in [0.25, 0.3) is 0 Å². The molecule has 0 unspecified atom stereocenters. The predicted molar refractivity (Wildman–Crippen MR) is 102 cm³/mol. The first-order valence-electron chi connectivity index (χ1n) is 8.51. The van der Waals surface area contributed by atoms with Crippen molar-refractivity contribution < 1.29 is 22.7 Å². The average molecular weight is 410 g/mol. The Hall–Kier alpha value is -2.09. The number of sulfonamides is 1. The van der Waals surface area contributed by atoms with Crippen molar-refractivity contribution in [1.82, 2.24) is 4.31 Å². The summed E-state index contributed by atoms with van der Waals surface area (Å²) in [7, 11) is -2.33. The van der Waals surface area contributed by atoms with Gasteiger partial charge in [-0.1, -0.05) is 23.7 Å². The highest BCUT2D eigenvalue weighted by atomic mass is 35.5. The maximum absolute atomic E-state index is 12.9. The Bertz CT molecular complexity index is 939. The van der Waals surface area contributed by atoms with Gasteiger partial charge in [0.15, 0.2) is 0 Å². The van der Waals surface area contributed by atoms with Crippen molar-refractivity contribution in [3.8, 4) is 5.75 Å². The third kappa shape index (κ3) is 4.43. The molecule has 0 aliphatic carbocycles. The molecule has 6 nitrogen and oxygen atoms in total. The van der Waals surface area contributed by atoms with Crippen LogP contribution in [0.4, 0.5) is 0 Å². The topological polar surface area (TPSA) is 72.9 Å². The summed E-state index contributed by atoms with van der Waals surface area (Å²) in [5, 5.41) is 0.548. The molecule has 0 atom stereocenters. The van der Waals surface area contributed by atoms with E-state index >= 15 is 0 Å². The lowest BCUT2D eigenvalue weighted by molar-refractivity contribution is 0.0472. The van der Waals surface area contributed by atoms with E-state index < -0.39 is 16.0 Å². The first-order chi connectivity index (χ1) is 12.9. The number of hydrogen-bond donors (Lipinski definition) is 0. The zero-order valence-electron chi connectivity index (χ0n) is 14.9. The van der Waals surface area contributed by atoms with Gasteiger partial charge in [0.25, 0.3) is 0 Å². The minimum atomic E-state index is -3.73. The summed E-state index contributed by atoms with van der Waals surface area (Å²) in [5.74, 6) is -0.413. The molecule has 144 valence electrons. The Morgan fingerprint density at radius 1 is 1.15 bits per heavy atom. The van der Waals surface area contributed by atoms with Gasteiger partial charge in [0, 0.05) is 18.1 Å². The molecule has 0 aromatic heterocycles. The van der Waals surface area contributed by atoms with Crippen LogP contribution in [-0.4, -0.2) is 38.9 Å². The molecule has 1 aliphatic heterocycles. The van der Waals surface area contributed by atoms with Crippen molar-refractivity contribution in [3.05, 3.63) is 58.6 Å². The molecular formula is C19H20ClNO5S. The molecule has 1 heterocycles. The number of hydrogen-bond acceptors (Lipinski definition) is 5. The molecule has 27 heavy (non-hydrogen) atoms. The predicted octanol–water partition coefficient (Wildman–Crippen LogP) is 3.49. The molecule has 0 bridgehead atoms. The maximum Gasteiger partial charge on any atom is 0.338 e. The van der Waals surface area contributed by atoms with Gasteiger partial charge < -0.3 is 9.47 Å². The minimum absolute atomic E-state index is 0.0240. The van der Waals surface area contributed by atoms with Crippen molar-refractivity contribution in [3.63, 3.8) is 0 Å². The number of methoxy groups -OCH3 is 1. The van der Waals surface area contributed by atoms with E-state index in [4.69, 9.17) is 21.1 Å². The second kappa shape index (κ2) is 8.29. The first kappa shape index (κ1) is 19.7. The first-order valence-corrected chi connectivity index (χ1v) is 10.3. The smallest absolute Gasteiger partial charge is 0.338 e. The molecule has 0 saturated carbocycles. The van der Waals surface area contributed by atoms with Crippen molar-refractivity contribution >= 4 is 27.6 Å². The van der Waals surface area contributed by atoms with Crippen molar-refractivity contribution in [2.75, 3.05) is 20.2 Å². The number of esters is 1. The highest BCUT2D eigenvalue weighted by Crippen LogP contribution is 2.30. The largest absolute Gasteiger partial charge is 0.495 e. The SMILES string of the molecule is COc1ccc(C(=O)OCc2cccc(Cl)c2)cc1S(=O)(=O)N1CCCC1. The average Bonchev–Trinajstić information content (AvgIpc) is 3.21. The Morgan fingerprint density at radius 2 is 1.89 bits per heavy atom. The third-order valence-electron chi connectivity index (χ3n) is 4.34. The molecule has 2 aromatic carbocycles. The Kier molecular flexibility index (Phi) is 6.04. The standard InChI is InChI=1S/C19H20ClNO5S/c1-25-17-8-7-15(12-18(17)27(23,24)21-9-2-3-10-21)19(22)26-13-14-5-4-6-16(20)11-14/h4-8,11-12H,2-3,9-10,13H2,1H3. The summed E-state index contributed by atoms with van der Waals surface area (Å²) < 4.78 is 37.7. The van der Waals surface area contributed by atoms with Gasteiger partial charge >= 0.3 is 5.97 Å². The summed E-state index contributed by atoms with van der Waals surface area (Å²) in [5.41, 5.74) is 0.893. The van der Waals surface area contributed by atoms with E-state index in [-0.39, 0.29) is 22.8 Å². The van der Waals surface area contributed by atoms with Crippen LogP contribution in [0.3, 0.4) is 0 Å². The molecule has 0 N–H and O–H groups in total. The van der Waals surface area contributed by atoms with Crippen molar-refractivity contribution in [1.29, 1.82) is 0 Å². The van der Waals surface area contributed by atoms with E-state index in [0.717, 1.165) is 18.4 Å². The number of rotatable bonds is 6. The van der Waals surface area contributed by atoms with Gasteiger partial charge in [0.1, 0.15) is 17.3 Å². The fraction of sp³-hybridized carbons (Fsp3) is 0.316. The Morgan fingerprint density at radius 3 is 2.56 bits per heavy atom. The van der Waals surface area contributed by atoms with Crippen molar-refractivity contribution in [2.24, 2.45) is 0 Å². The zero-order valence-corrected chi connectivity index (χ0v) is 16.4. The fourth-order valence-electron chi connectivity index (χ4n) is 2.93. The summed E-state index contributed by atoms with van der Waals surface area (Å²) in [6.45, 7) is 0.976. The lowest BCUT2D eigenvalue weighted by atomic mass is 10.2. The van der Waals surface area contributed by atoms with Gasteiger partial charge in [-0.25, -0.2) is 13.2 Å². The van der Waals surface area contributed by atoms with E-state index in [0.29, 0.717) is 18.1 Å². The molecule has 8 heteroatoms. The van der Waals surface area contributed by atoms with Crippen LogP contribution in [-0.2, 0) is 21.4 Å². The number of ether oxygens (including phenoxy) is 2. The molecule has 0 spiro atoms. The summed E-state index contributed by atoms with van der Waals surface area (Å²) in [6, 6.07) is 11.3. The second-order valence-electron chi connectivity index (χ2n) is 6.18. The lowest BCUT2D eigenvalue weighted by Crippen LogP contribution is -2.28.